The lowest BCUT2D eigenvalue weighted by Gasteiger charge is -1.77. The first-order valence-electron chi connectivity index (χ1n) is 2.16. The molecule has 0 unspecified atom stereocenters. The van der Waals surface area contributed by atoms with Crippen molar-refractivity contribution in [2.75, 3.05) is 0 Å². The third-order valence-corrected chi connectivity index (χ3v) is 1.75. The summed E-state index contributed by atoms with van der Waals surface area (Å²) < 4.78 is 4.80. The van der Waals surface area contributed by atoms with Crippen LogP contribution < -0.4 is 0 Å². The summed E-state index contributed by atoms with van der Waals surface area (Å²) in [6.07, 6.45) is 1.75. The topological polar surface area (TPSA) is 24.7 Å². The Morgan fingerprint density at radius 3 is 3.50 bits per heavy atom. The van der Waals surface area contributed by atoms with E-state index in [9.17, 15) is 0 Å². The fourth-order valence-electron chi connectivity index (χ4n) is 0.306. The molecule has 2 nitrogen and oxygen atoms in total. The molecule has 0 N–H and O–H groups in total. The molecule has 0 saturated heterocycles. The Labute approximate surface area is 57.8 Å². The molecule has 0 saturated carbocycles. The first-order valence-corrected chi connectivity index (χ1v) is 4.48. The second-order valence-electron chi connectivity index (χ2n) is 1.32. The summed E-state index contributed by atoms with van der Waals surface area (Å²) in [7, 11) is 0. The average molecular weight is 220 g/mol. The van der Waals surface area contributed by atoms with Crippen molar-refractivity contribution in [2.45, 2.75) is 6.92 Å². The van der Waals surface area contributed by atoms with Crippen LogP contribution in [0.3, 0.4) is 0 Å². The molecular formula is C5H5IN2. The third kappa shape index (κ3) is 1.68. The van der Waals surface area contributed by atoms with Crippen LogP contribution in [0.15, 0.2) is 21.9 Å². The van der Waals surface area contributed by atoms with E-state index in [1.165, 1.54) is 0 Å². The predicted molar refractivity (Wildman–Crippen MR) is 43.7 cm³/mol. The standard InChI is InChI=1S/C5H5IN2/c1-5-2-7-3-6-4-8-5/h2-3H,1H3. The molecule has 0 atom stereocenters. The van der Waals surface area contributed by atoms with Gasteiger partial charge in [0.2, 0.25) is 0 Å². The van der Waals surface area contributed by atoms with Gasteiger partial charge in [0.1, 0.15) is 0 Å². The van der Waals surface area contributed by atoms with Gasteiger partial charge in [-0.1, -0.05) is 0 Å². The molecule has 1 aliphatic heterocycles. The van der Waals surface area contributed by atoms with Gasteiger partial charge in [0, 0.05) is 30.7 Å². The Balaban J connectivity index is 2.94. The highest BCUT2D eigenvalue weighted by molar-refractivity contribution is 14.2. The maximum atomic E-state index is 3.96. The number of nitrogens with zero attached hydrogens (tertiary/aromatic N) is 2. The van der Waals surface area contributed by atoms with Crippen molar-refractivity contribution in [3.8, 4) is 0 Å². The first kappa shape index (κ1) is 5.85. The second-order valence-corrected chi connectivity index (χ2v) is 2.98. The molecule has 0 aromatic heterocycles. The quantitative estimate of drug-likeness (QED) is 0.555. The Morgan fingerprint density at radius 2 is 2.62 bits per heavy atom. The maximum Gasteiger partial charge on any atom is 0.0686 e. The van der Waals surface area contributed by atoms with Crippen molar-refractivity contribution in [1.82, 2.24) is 0 Å². The lowest BCUT2D eigenvalue weighted by atomic mass is 10.6. The van der Waals surface area contributed by atoms with E-state index in [2.05, 4.69) is 13.8 Å². The number of hydrogen-bond donors (Lipinski definition) is 0. The summed E-state index contributed by atoms with van der Waals surface area (Å²) >= 11 is -0.100. The fraction of sp³-hybridized carbons (Fsp3) is 0.200. The minimum atomic E-state index is -0.100. The molecule has 0 spiro atoms. The van der Waals surface area contributed by atoms with Crippen molar-refractivity contribution >= 4 is 28.8 Å². The van der Waals surface area contributed by atoms with E-state index in [4.69, 9.17) is 0 Å². The van der Waals surface area contributed by atoms with Crippen LogP contribution in [-0.2, 0) is 0 Å². The number of rotatable bonds is 0. The molecule has 42 valence electrons. The molecule has 1 heterocycles. The van der Waals surface area contributed by atoms with Gasteiger partial charge in [-0.2, -0.15) is 0 Å². The van der Waals surface area contributed by atoms with Crippen LogP contribution in [0.5, 0.6) is 0 Å². The van der Waals surface area contributed by atoms with Crippen LogP contribution in [0.2, 0.25) is 0 Å². The van der Waals surface area contributed by atoms with E-state index >= 15 is 0 Å². The minimum Gasteiger partial charge on any atom is -0.256 e. The van der Waals surface area contributed by atoms with E-state index in [0.29, 0.717) is 0 Å². The molecule has 1 aliphatic rings. The molecule has 0 aromatic rings. The van der Waals surface area contributed by atoms with Gasteiger partial charge < -0.3 is 0 Å². The van der Waals surface area contributed by atoms with E-state index in [0.717, 1.165) is 5.70 Å². The van der Waals surface area contributed by atoms with Crippen LogP contribution in [0.4, 0.5) is 0 Å². The summed E-state index contributed by atoms with van der Waals surface area (Å²) in [6, 6.07) is 0. The minimum absolute atomic E-state index is 0.100. The van der Waals surface area contributed by atoms with Crippen LogP contribution in [-0.4, -0.2) is 8.03 Å². The van der Waals surface area contributed by atoms with E-state index < -0.39 is 0 Å². The van der Waals surface area contributed by atoms with Gasteiger partial charge in [0.25, 0.3) is 0 Å². The number of hydrogen-bond acceptors (Lipinski definition) is 2. The van der Waals surface area contributed by atoms with Crippen LogP contribution in [0.25, 0.3) is 0 Å². The molecule has 0 bridgehead atoms. The Kier molecular flexibility index (Phi) is 2.11. The molecule has 0 radical (unpaired) electrons. The van der Waals surface area contributed by atoms with Crippen molar-refractivity contribution in [2.24, 2.45) is 9.98 Å². The number of halogens is 1. The van der Waals surface area contributed by atoms with Crippen molar-refractivity contribution in [3.05, 3.63) is 11.9 Å². The van der Waals surface area contributed by atoms with Crippen molar-refractivity contribution in [3.63, 3.8) is 0 Å². The summed E-state index contributed by atoms with van der Waals surface area (Å²) in [5.74, 6) is 0. The number of aliphatic imine (C=N–C) groups is 2. The van der Waals surface area contributed by atoms with Gasteiger partial charge >= 0.3 is 0 Å². The molecule has 8 heavy (non-hydrogen) atoms. The normalized spacial score (nSPS) is 16.9. The van der Waals surface area contributed by atoms with Gasteiger partial charge in [-0.15, -0.1) is 0 Å². The van der Waals surface area contributed by atoms with Gasteiger partial charge in [-0.25, -0.2) is 4.99 Å². The molecule has 0 aliphatic carbocycles. The monoisotopic (exact) mass is 220 g/mol. The zero-order chi connectivity index (χ0) is 5.82. The average Bonchev–Trinajstić information content (AvgIpc) is 1.94. The lowest BCUT2D eigenvalue weighted by Crippen LogP contribution is -1.60. The largest absolute Gasteiger partial charge is 0.256 e. The molecule has 0 amide bonds. The highest BCUT2D eigenvalue weighted by Gasteiger charge is 1.78. The molecule has 0 fully saturated rings. The SMILES string of the molecule is CC1=CN=CI=C=N1. The maximum absolute atomic E-state index is 3.96. The Hall–Kier alpha value is -0.280. The molecule has 0 aromatic carbocycles. The molecule has 1 rings (SSSR count). The summed E-state index contributed by atoms with van der Waals surface area (Å²) in [4.78, 5) is 7.92. The third-order valence-electron chi connectivity index (χ3n) is 0.634. The predicted octanol–water partition coefficient (Wildman–Crippen LogP) is 1.77. The highest BCUT2D eigenvalue weighted by atomic mass is 127. The zero-order valence-corrected chi connectivity index (χ0v) is 6.58. The van der Waals surface area contributed by atoms with E-state index in [1.54, 1.807) is 6.20 Å². The highest BCUT2D eigenvalue weighted by Crippen LogP contribution is 1.98. The van der Waals surface area contributed by atoms with Gasteiger partial charge in [-0.05, 0) is 6.92 Å². The lowest BCUT2D eigenvalue weighted by molar-refractivity contribution is 1.29. The molecular weight excluding hydrogens is 215 g/mol. The zero-order valence-electron chi connectivity index (χ0n) is 4.43. The van der Waals surface area contributed by atoms with E-state index in [1.807, 2.05) is 11.1 Å². The summed E-state index contributed by atoms with van der Waals surface area (Å²) in [5.41, 5.74) is 0.943. The first-order chi connectivity index (χ1) is 3.89. The fourth-order valence-corrected chi connectivity index (χ4v) is 1.27. The van der Waals surface area contributed by atoms with Gasteiger partial charge in [0.15, 0.2) is 0 Å². The van der Waals surface area contributed by atoms with E-state index in [-0.39, 0.29) is 20.7 Å². The second kappa shape index (κ2) is 2.89. The Bertz CT molecular complexity index is 196. The van der Waals surface area contributed by atoms with Crippen molar-refractivity contribution in [1.29, 1.82) is 0 Å². The molecule has 3 heteroatoms. The van der Waals surface area contributed by atoms with Gasteiger partial charge in [0.05, 0.1) is 9.92 Å². The van der Waals surface area contributed by atoms with Crippen LogP contribution >= 0.6 is 20.7 Å². The number of allylic oxidation sites excluding steroid dienone is 1. The van der Waals surface area contributed by atoms with Gasteiger partial charge in [-0.3, -0.25) is 4.99 Å². The smallest absolute Gasteiger partial charge is 0.0686 e. The van der Waals surface area contributed by atoms with Crippen LogP contribution in [0, 0.1) is 0 Å². The summed E-state index contributed by atoms with van der Waals surface area (Å²) in [5, 5.41) is 0. The Morgan fingerprint density at radius 1 is 1.75 bits per heavy atom. The van der Waals surface area contributed by atoms with Crippen molar-refractivity contribution < 1.29 is 0 Å². The summed E-state index contributed by atoms with van der Waals surface area (Å²) in [6.45, 7) is 1.92. The van der Waals surface area contributed by atoms with Crippen LogP contribution in [0.1, 0.15) is 6.92 Å².